The Hall–Kier alpha value is -1.36. The van der Waals surface area contributed by atoms with Gasteiger partial charge in [-0.2, -0.15) is 0 Å². The Morgan fingerprint density at radius 2 is 2.17 bits per heavy atom. The Labute approximate surface area is 111 Å². The van der Waals surface area contributed by atoms with Crippen molar-refractivity contribution in [3.05, 3.63) is 40.9 Å². The minimum absolute atomic E-state index is 0.142. The van der Waals surface area contributed by atoms with Gasteiger partial charge in [0.15, 0.2) is 0 Å². The fourth-order valence-corrected chi connectivity index (χ4v) is 1.85. The predicted octanol–water partition coefficient (Wildman–Crippen LogP) is 1.72. The van der Waals surface area contributed by atoms with E-state index in [1.165, 1.54) is 6.08 Å². The van der Waals surface area contributed by atoms with E-state index in [0.717, 1.165) is 18.7 Å². The number of carbonyl (C=O) groups is 1. The zero-order valence-electron chi connectivity index (χ0n) is 9.93. The highest BCUT2D eigenvalue weighted by atomic mass is 35.5. The van der Waals surface area contributed by atoms with Crippen LogP contribution in [0.3, 0.4) is 0 Å². The second kappa shape index (κ2) is 6.54. The Bertz CT molecular complexity index is 442. The summed E-state index contributed by atoms with van der Waals surface area (Å²) in [6.45, 7) is 2.74. The van der Waals surface area contributed by atoms with Crippen molar-refractivity contribution in [2.45, 2.75) is 0 Å². The lowest BCUT2D eigenvalue weighted by Gasteiger charge is -2.26. The monoisotopic (exact) mass is 266 g/mol. The molecule has 1 saturated heterocycles. The maximum Gasteiger partial charge on any atom is 0.258 e. The molecule has 1 aromatic rings. The maximum atomic E-state index is 11.7. The number of rotatable bonds is 3. The van der Waals surface area contributed by atoms with E-state index < -0.39 is 0 Å². The smallest absolute Gasteiger partial charge is 0.258 e. The van der Waals surface area contributed by atoms with E-state index in [1.807, 2.05) is 17.1 Å². The summed E-state index contributed by atoms with van der Waals surface area (Å²) in [5.74, 6) is -0.142. The lowest BCUT2D eigenvalue weighted by Crippen LogP contribution is -2.47. The Balaban J connectivity index is 1.86. The molecule has 96 valence electrons. The zero-order chi connectivity index (χ0) is 12.8. The van der Waals surface area contributed by atoms with Crippen LogP contribution in [0.25, 0.3) is 6.08 Å². The van der Waals surface area contributed by atoms with Crippen LogP contribution in [0, 0.1) is 0 Å². The van der Waals surface area contributed by atoms with Crippen LogP contribution < -0.4 is 5.43 Å². The van der Waals surface area contributed by atoms with Gasteiger partial charge in [-0.25, -0.2) is 5.01 Å². The van der Waals surface area contributed by atoms with E-state index in [4.69, 9.17) is 16.3 Å². The zero-order valence-corrected chi connectivity index (χ0v) is 10.7. The minimum Gasteiger partial charge on any atom is -0.379 e. The summed E-state index contributed by atoms with van der Waals surface area (Å²) < 4.78 is 5.20. The Kier molecular flexibility index (Phi) is 4.75. The van der Waals surface area contributed by atoms with Crippen molar-refractivity contribution >= 4 is 23.6 Å². The van der Waals surface area contributed by atoms with Gasteiger partial charge in [-0.05, 0) is 23.8 Å². The molecule has 0 saturated carbocycles. The van der Waals surface area contributed by atoms with Crippen molar-refractivity contribution in [1.29, 1.82) is 0 Å². The molecule has 0 atom stereocenters. The number of morpholine rings is 1. The molecule has 0 radical (unpaired) electrons. The normalized spacial score (nSPS) is 16.9. The molecule has 1 fully saturated rings. The second-order valence-corrected chi connectivity index (χ2v) is 4.40. The lowest BCUT2D eigenvalue weighted by atomic mass is 10.2. The second-order valence-electron chi connectivity index (χ2n) is 3.96. The summed E-state index contributed by atoms with van der Waals surface area (Å²) in [5.41, 5.74) is 3.70. The standard InChI is InChI=1S/C13H15ClN2O2/c14-12-3-1-2-11(10-12)4-5-13(17)15-16-6-8-18-9-7-16/h1-5,10H,6-9H2,(H,15,17)/b5-4+. The highest BCUT2D eigenvalue weighted by Gasteiger charge is 2.10. The minimum atomic E-state index is -0.142. The first-order chi connectivity index (χ1) is 8.74. The number of ether oxygens (including phenoxy) is 1. The van der Waals surface area contributed by atoms with Gasteiger partial charge in [0.05, 0.1) is 13.2 Å². The fourth-order valence-electron chi connectivity index (χ4n) is 1.65. The molecule has 5 heteroatoms. The summed E-state index contributed by atoms with van der Waals surface area (Å²) in [4.78, 5) is 11.7. The first-order valence-electron chi connectivity index (χ1n) is 5.81. The molecule has 0 spiro atoms. The number of halogens is 1. The molecule has 0 aliphatic carbocycles. The average molecular weight is 267 g/mol. The third kappa shape index (κ3) is 4.14. The molecule has 1 aliphatic heterocycles. The van der Waals surface area contributed by atoms with Crippen LogP contribution in [0.2, 0.25) is 5.02 Å². The van der Waals surface area contributed by atoms with Crippen molar-refractivity contribution in [3.8, 4) is 0 Å². The Morgan fingerprint density at radius 3 is 2.89 bits per heavy atom. The summed E-state index contributed by atoms with van der Waals surface area (Å²) in [6, 6.07) is 7.35. The Morgan fingerprint density at radius 1 is 1.39 bits per heavy atom. The average Bonchev–Trinajstić information content (AvgIpc) is 2.38. The van der Waals surface area contributed by atoms with Crippen molar-refractivity contribution < 1.29 is 9.53 Å². The van der Waals surface area contributed by atoms with E-state index in [-0.39, 0.29) is 5.91 Å². The van der Waals surface area contributed by atoms with Gasteiger partial charge in [0, 0.05) is 24.2 Å². The third-order valence-corrected chi connectivity index (χ3v) is 2.79. The van der Waals surface area contributed by atoms with Crippen LogP contribution in [-0.2, 0) is 9.53 Å². The molecule has 1 aromatic carbocycles. The topological polar surface area (TPSA) is 41.6 Å². The van der Waals surface area contributed by atoms with Crippen molar-refractivity contribution in [1.82, 2.24) is 10.4 Å². The largest absolute Gasteiger partial charge is 0.379 e. The van der Waals surface area contributed by atoms with E-state index in [1.54, 1.807) is 18.2 Å². The fraction of sp³-hybridized carbons (Fsp3) is 0.308. The van der Waals surface area contributed by atoms with Crippen molar-refractivity contribution in [2.24, 2.45) is 0 Å². The number of amides is 1. The van der Waals surface area contributed by atoms with Gasteiger partial charge in [-0.3, -0.25) is 10.2 Å². The molecule has 1 heterocycles. The van der Waals surface area contributed by atoms with Crippen LogP contribution in [-0.4, -0.2) is 37.2 Å². The summed E-state index contributed by atoms with van der Waals surface area (Å²) >= 11 is 5.86. The van der Waals surface area contributed by atoms with Gasteiger partial charge in [0.1, 0.15) is 0 Å². The third-order valence-electron chi connectivity index (χ3n) is 2.56. The number of hydrogen-bond donors (Lipinski definition) is 1. The molecular formula is C13H15ClN2O2. The van der Waals surface area contributed by atoms with Gasteiger partial charge in [0.25, 0.3) is 5.91 Å². The summed E-state index contributed by atoms with van der Waals surface area (Å²) in [6.07, 6.45) is 3.24. The molecular weight excluding hydrogens is 252 g/mol. The number of nitrogens with one attached hydrogen (secondary N) is 1. The molecule has 0 unspecified atom stereocenters. The number of nitrogens with zero attached hydrogens (tertiary/aromatic N) is 1. The van der Waals surface area contributed by atoms with Gasteiger partial charge < -0.3 is 4.74 Å². The highest BCUT2D eigenvalue weighted by Crippen LogP contribution is 2.11. The van der Waals surface area contributed by atoms with Crippen LogP contribution in [0.4, 0.5) is 0 Å². The van der Waals surface area contributed by atoms with Gasteiger partial charge in [-0.15, -0.1) is 0 Å². The molecule has 18 heavy (non-hydrogen) atoms. The lowest BCUT2D eigenvalue weighted by molar-refractivity contribution is -0.123. The van der Waals surface area contributed by atoms with Crippen LogP contribution >= 0.6 is 11.6 Å². The molecule has 4 nitrogen and oxygen atoms in total. The molecule has 0 bridgehead atoms. The number of carbonyl (C=O) groups excluding carboxylic acids is 1. The molecule has 1 aliphatic rings. The van der Waals surface area contributed by atoms with Gasteiger partial charge in [-0.1, -0.05) is 23.7 Å². The SMILES string of the molecule is O=C(/C=C/c1cccc(Cl)c1)NN1CCOCC1. The van der Waals surface area contributed by atoms with Crippen molar-refractivity contribution in [2.75, 3.05) is 26.3 Å². The molecule has 1 N–H and O–H groups in total. The van der Waals surface area contributed by atoms with Crippen LogP contribution in [0.1, 0.15) is 5.56 Å². The van der Waals surface area contributed by atoms with E-state index in [9.17, 15) is 4.79 Å². The molecule has 0 aromatic heterocycles. The quantitative estimate of drug-likeness (QED) is 0.847. The summed E-state index contributed by atoms with van der Waals surface area (Å²) in [5, 5.41) is 2.51. The number of benzene rings is 1. The number of hydrogen-bond acceptors (Lipinski definition) is 3. The first kappa shape index (κ1) is 13.1. The summed E-state index contributed by atoms with van der Waals surface area (Å²) in [7, 11) is 0. The van der Waals surface area contributed by atoms with Crippen LogP contribution in [0.5, 0.6) is 0 Å². The highest BCUT2D eigenvalue weighted by molar-refractivity contribution is 6.30. The van der Waals surface area contributed by atoms with Crippen molar-refractivity contribution in [3.63, 3.8) is 0 Å². The number of hydrazine groups is 1. The van der Waals surface area contributed by atoms with E-state index in [2.05, 4.69) is 5.43 Å². The predicted molar refractivity (Wildman–Crippen MR) is 71.0 cm³/mol. The first-order valence-corrected chi connectivity index (χ1v) is 6.19. The molecule has 2 rings (SSSR count). The van der Waals surface area contributed by atoms with Gasteiger partial charge >= 0.3 is 0 Å². The van der Waals surface area contributed by atoms with Crippen LogP contribution in [0.15, 0.2) is 30.3 Å². The van der Waals surface area contributed by atoms with Gasteiger partial charge in [0.2, 0.25) is 0 Å². The maximum absolute atomic E-state index is 11.7. The molecule has 1 amide bonds. The van der Waals surface area contributed by atoms with E-state index in [0.29, 0.717) is 18.2 Å². The van der Waals surface area contributed by atoms with E-state index >= 15 is 0 Å².